The molecule has 0 heterocycles. The van der Waals surface area contributed by atoms with E-state index in [1.165, 1.54) is 12.1 Å². The summed E-state index contributed by atoms with van der Waals surface area (Å²) in [5, 5.41) is 17.1. The van der Waals surface area contributed by atoms with E-state index >= 15 is 0 Å². The lowest BCUT2D eigenvalue weighted by atomic mass is 9.92. The van der Waals surface area contributed by atoms with Crippen molar-refractivity contribution in [1.82, 2.24) is 5.32 Å². The largest absolute Gasteiger partial charge is 0.445 e. The third-order valence-corrected chi connectivity index (χ3v) is 4.82. The van der Waals surface area contributed by atoms with Crippen LogP contribution in [0.1, 0.15) is 38.7 Å². The Kier molecular flexibility index (Phi) is 8.95. The number of carbonyl (C=O) groups is 1. The van der Waals surface area contributed by atoms with E-state index in [2.05, 4.69) is 24.5 Å². The first-order valence-electron chi connectivity index (χ1n) is 9.99. The molecule has 7 heteroatoms. The van der Waals surface area contributed by atoms with Crippen molar-refractivity contribution in [2.45, 2.75) is 45.8 Å². The number of hydrogen-bond acceptors (Lipinski definition) is 5. The van der Waals surface area contributed by atoms with Crippen LogP contribution in [0.3, 0.4) is 0 Å². The first-order chi connectivity index (χ1) is 14.0. The molecular weight excluding hydrogens is 370 g/mol. The van der Waals surface area contributed by atoms with E-state index in [1.807, 2.05) is 30.3 Å². The summed E-state index contributed by atoms with van der Waals surface area (Å²) in [6.45, 7) is 4.93. The van der Waals surface area contributed by atoms with Crippen LogP contribution in [-0.2, 0) is 11.3 Å². The predicted molar refractivity (Wildman–Crippen MR) is 114 cm³/mol. The van der Waals surface area contributed by atoms with Crippen LogP contribution in [0.5, 0.6) is 0 Å². The highest BCUT2D eigenvalue weighted by Crippen LogP contribution is 2.21. The SMILES string of the molecule is CCC[C@@H](CNC(=O)OCc1ccccc1)[C@@H](CC)Nc1ccc([N+](=O)[O-])cc1. The Bertz CT molecular complexity index is 765. The lowest BCUT2D eigenvalue weighted by Crippen LogP contribution is -2.38. The summed E-state index contributed by atoms with van der Waals surface area (Å²) in [4.78, 5) is 22.5. The number of rotatable bonds is 11. The molecule has 0 aliphatic heterocycles. The maximum absolute atomic E-state index is 12.1. The minimum Gasteiger partial charge on any atom is -0.445 e. The molecule has 2 aromatic carbocycles. The molecule has 0 saturated carbocycles. The molecule has 0 aliphatic carbocycles. The van der Waals surface area contributed by atoms with E-state index in [9.17, 15) is 14.9 Å². The minimum absolute atomic E-state index is 0.0662. The van der Waals surface area contributed by atoms with Crippen LogP contribution >= 0.6 is 0 Å². The summed E-state index contributed by atoms with van der Waals surface area (Å²) >= 11 is 0. The number of nitrogens with one attached hydrogen (secondary N) is 2. The van der Waals surface area contributed by atoms with Crippen molar-refractivity contribution in [2.75, 3.05) is 11.9 Å². The number of benzene rings is 2. The van der Waals surface area contributed by atoms with Crippen molar-refractivity contribution in [1.29, 1.82) is 0 Å². The molecule has 156 valence electrons. The van der Waals surface area contributed by atoms with E-state index in [-0.39, 0.29) is 24.3 Å². The Morgan fingerprint density at radius 1 is 1.10 bits per heavy atom. The number of amides is 1. The topological polar surface area (TPSA) is 93.5 Å². The van der Waals surface area contributed by atoms with Gasteiger partial charge in [-0.05, 0) is 36.5 Å². The van der Waals surface area contributed by atoms with Crippen LogP contribution in [0.15, 0.2) is 54.6 Å². The summed E-state index contributed by atoms with van der Waals surface area (Å²) in [5.74, 6) is 0.212. The van der Waals surface area contributed by atoms with Gasteiger partial charge in [0, 0.05) is 30.4 Å². The predicted octanol–water partition coefficient (Wildman–Crippen LogP) is 5.13. The van der Waals surface area contributed by atoms with Gasteiger partial charge in [0.2, 0.25) is 0 Å². The van der Waals surface area contributed by atoms with E-state index in [0.717, 1.165) is 30.5 Å². The maximum Gasteiger partial charge on any atom is 0.407 e. The lowest BCUT2D eigenvalue weighted by Gasteiger charge is -2.28. The molecule has 0 aromatic heterocycles. The third-order valence-electron chi connectivity index (χ3n) is 4.82. The average Bonchev–Trinajstić information content (AvgIpc) is 2.74. The molecular formula is C22H29N3O4. The molecule has 0 unspecified atom stereocenters. The number of nitro benzene ring substituents is 1. The van der Waals surface area contributed by atoms with Crippen LogP contribution in [0.2, 0.25) is 0 Å². The first-order valence-corrected chi connectivity index (χ1v) is 9.99. The summed E-state index contributed by atoms with van der Waals surface area (Å²) in [7, 11) is 0. The Morgan fingerprint density at radius 3 is 2.38 bits per heavy atom. The molecule has 2 aromatic rings. The van der Waals surface area contributed by atoms with Crippen molar-refractivity contribution in [2.24, 2.45) is 5.92 Å². The molecule has 0 bridgehead atoms. The van der Waals surface area contributed by atoms with Gasteiger partial charge in [0.1, 0.15) is 6.61 Å². The van der Waals surface area contributed by atoms with Gasteiger partial charge < -0.3 is 15.4 Å². The molecule has 0 aliphatic rings. The Hall–Kier alpha value is -3.09. The summed E-state index contributed by atoms with van der Waals surface area (Å²) in [5.41, 5.74) is 1.84. The number of non-ortho nitro benzene ring substituents is 1. The number of hydrogen-bond donors (Lipinski definition) is 2. The molecule has 7 nitrogen and oxygen atoms in total. The number of carbonyl (C=O) groups excluding carboxylic acids is 1. The van der Waals surface area contributed by atoms with E-state index in [4.69, 9.17) is 4.74 Å². The quantitative estimate of drug-likeness (QED) is 0.404. The number of nitro groups is 1. The van der Waals surface area contributed by atoms with Gasteiger partial charge in [-0.1, -0.05) is 50.6 Å². The van der Waals surface area contributed by atoms with Gasteiger partial charge in [-0.15, -0.1) is 0 Å². The zero-order valence-corrected chi connectivity index (χ0v) is 17.0. The summed E-state index contributed by atoms with van der Waals surface area (Å²) in [6.07, 6.45) is 2.36. The Morgan fingerprint density at radius 2 is 1.79 bits per heavy atom. The second kappa shape index (κ2) is 11.7. The molecule has 1 amide bonds. The lowest BCUT2D eigenvalue weighted by molar-refractivity contribution is -0.384. The average molecular weight is 399 g/mol. The zero-order valence-electron chi connectivity index (χ0n) is 17.0. The summed E-state index contributed by atoms with van der Waals surface area (Å²) in [6, 6.07) is 16.1. The molecule has 2 rings (SSSR count). The zero-order chi connectivity index (χ0) is 21.1. The molecule has 2 atom stereocenters. The fourth-order valence-electron chi connectivity index (χ4n) is 3.25. The van der Waals surface area contributed by atoms with E-state index in [1.54, 1.807) is 12.1 Å². The van der Waals surface area contributed by atoms with Crippen LogP contribution in [-0.4, -0.2) is 23.6 Å². The van der Waals surface area contributed by atoms with Crippen LogP contribution in [0.4, 0.5) is 16.2 Å². The van der Waals surface area contributed by atoms with E-state index < -0.39 is 11.0 Å². The van der Waals surface area contributed by atoms with Gasteiger partial charge in [0.05, 0.1) is 4.92 Å². The van der Waals surface area contributed by atoms with Crippen molar-refractivity contribution < 1.29 is 14.5 Å². The fraction of sp³-hybridized carbons (Fsp3) is 0.409. The highest BCUT2D eigenvalue weighted by atomic mass is 16.6. The van der Waals surface area contributed by atoms with E-state index in [0.29, 0.717) is 6.54 Å². The molecule has 0 spiro atoms. The number of anilines is 1. The van der Waals surface area contributed by atoms with Gasteiger partial charge in [-0.25, -0.2) is 4.79 Å². The standard InChI is InChI=1S/C22H29N3O4/c1-3-8-18(15-23-22(26)29-16-17-9-6-5-7-10-17)21(4-2)24-19-11-13-20(14-12-19)25(27)28/h5-7,9-14,18,21,24H,3-4,8,15-16H2,1-2H3,(H,23,26)/t18-,21+/m0/s1. The third kappa shape index (κ3) is 7.44. The van der Waals surface area contributed by atoms with Gasteiger partial charge in [-0.3, -0.25) is 10.1 Å². The second-order valence-corrected chi connectivity index (χ2v) is 6.95. The van der Waals surface area contributed by atoms with Gasteiger partial charge in [0.15, 0.2) is 0 Å². The molecule has 2 N–H and O–H groups in total. The summed E-state index contributed by atoms with van der Waals surface area (Å²) < 4.78 is 5.29. The fourth-order valence-corrected chi connectivity index (χ4v) is 3.25. The second-order valence-electron chi connectivity index (χ2n) is 6.95. The van der Waals surface area contributed by atoms with Crippen molar-refractivity contribution in [3.63, 3.8) is 0 Å². The number of nitrogens with zero attached hydrogens (tertiary/aromatic N) is 1. The highest BCUT2D eigenvalue weighted by Gasteiger charge is 2.20. The van der Waals surface area contributed by atoms with Crippen LogP contribution < -0.4 is 10.6 Å². The first kappa shape index (κ1) is 22.2. The van der Waals surface area contributed by atoms with Gasteiger partial charge in [-0.2, -0.15) is 0 Å². The maximum atomic E-state index is 12.1. The number of alkyl carbamates (subject to hydrolysis) is 1. The Labute approximate surface area is 171 Å². The van der Waals surface area contributed by atoms with Gasteiger partial charge >= 0.3 is 6.09 Å². The van der Waals surface area contributed by atoms with Crippen LogP contribution in [0, 0.1) is 16.0 Å². The van der Waals surface area contributed by atoms with Crippen molar-refractivity contribution >= 4 is 17.5 Å². The van der Waals surface area contributed by atoms with Crippen molar-refractivity contribution in [3.05, 3.63) is 70.3 Å². The molecule has 0 fully saturated rings. The minimum atomic E-state index is -0.430. The molecule has 29 heavy (non-hydrogen) atoms. The van der Waals surface area contributed by atoms with Crippen molar-refractivity contribution in [3.8, 4) is 0 Å². The monoisotopic (exact) mass is 399 g/mol. The van der Waals surface area contributed by atoms with Crippen LogP contribution in [0.25, 0.3) is 0 Å². The van der Waals surface area contributed by atoms with Gasteiger partial charge in [0.25, 0.3) is 5.69 Å². The number of ether oxygens (including phenoxy) is 1. The smallest absolute Gasteiger partial charge is 0.407 e. The normalized spacial score (nSPS) is 12.6. The molecule has 0 saturated heterocycles. The highest BCUT2D eigenvalue weighted by molar-refractivity contribution is 5.67. The molecule has 0 radical (unpaired) electrons. The Balaban J connectivity index is 1.89.